The van der Waals surface area contributed by atoms with Crippen LogP contribution in [0.1, 0.15) is 0 Å². The quantitative estimate of drug-likeness (QED) is 0.160. The second-order valence-electron chi connectivity index (χ2n) is 19.3. The lowest BCUT2D eigenvalue weighted by Crippen LogP contribution is -2.02. The number of benzene rings is 10. The molecule has 0 amide bonds. The largest absolute Gasteiger partial charge is 0.309 e. The highest BCUT2D eigenvalue weighted by Crippen LogP contribution is 2.48. The summed E-state index contributed by atoms with van der Waals surface area (Å²) in [7, 11) is 0. The van der Waals surface area contributed by atoms with Gasteiger partial charge in [0, 0.05) is 107 Å². The van der Waals surface area contributed by atoms with E-state index in [1.54, 1.807) is 0 Å². The Morgan fingerprint density at radius 3 is 1.42 bits per heavy atom. The van der Waals surface area contributed by atoms with E-state index < -0.39 is 0 Å². The lowest BCUT2D eigenvalue weighted by atomic mass is 9.96. The molecule has 354 valence electrons. The lowest BCUT2D eigenvalue weighted by Gasteiger charge is -2.14. The van der Waals surface area contributed by atoms with Gasteiger partial charge in [-0.2, -0.15) is 0 Å². The Balaban J connectivity index is 0.985. The van der Waals surface area contributed by atoms with Gasteiger partial charge in [0.15, 0.2) is 17.5 Å². The summed E-state index contributed by atoms with van der Waals surface area (Å²) in [5.41, 5.74) is 13.5. The number of hydrogen-bond donors (Lipinski definition) is 0. The van der Waals surface area contributed by atoms with Gasteiger partial charge in [-0.05, 0) is 78.4 Å². The van der Waals surface area contributed by atoms with E-state index in [0.29, 0.717) is 17.5 Å². The molecule has 10 aromatic carbocycles. The summed E-state index contributed by atoms with van der Waals surface area (Å²) < 4.78 is 9.77. The first-order valence-electron chi connectivity index (χ1n) is 25.4. The highest BCUT2D eigenvalue weighted by Gasteiger charge is 2.24. The SMILES string of the molecule is c1ccc(-c2nc(-c3ccccc3)nc(-c3cc(-c4cccc5sc6ccc7c8ccccc8n(-c8ccccc8)c7c6c45)cnc3-c3ccc4sc5ccc6c7ccccc7n(-c7ccccc7)c6c5c4c3)n2)cc1. The van der Waals surface area contributed by atoms with Gasteiger partial charge in [-0.15, -0.1) is 22.7 Å². The van der Waals surface area contributed by atoms with E-state index in [9.17, 15) is 0 Å². The number of thiophene rings is 2. The Morgan fingerprint density at radius 1 is 0.303 bits per heavy atom. The minimum absolute atomic E-state index is 0.549. The number of para-hydroxylation sites is 4. The number of pyridine rings is 1. The van der Waals surface area contributed by atoms with Crippen molar-refractivity contribution in [3.05, 3.63) is 243 Å². The Labute approximate surface area is 443 Å². The van der Waals surface area contributed by atoms with Gasteiger partial charge in [0.1, 0.15) is 0 Å². The molecule has 8 heteroatoms. The number of rotatable bonds is 7. The molecule has 0 aliphatic carbocycles. The molecular weight excluding hydrogens is 965 g/mol. The summed E-state index contributed by atoms with van der Waals surface area (Å²) in [4.78, 5) is 21.5. The number of fused-ring (bicyclic) bond motifs is 14. The molecule has 6 heterocycles. The van der Waals surface area contributed by atoms with Crippen LogP contribution in [0.25, 0.3) is 152 Å². The Morgan fingerprint density at radius 2 is 0.803 bits per heavy atom. The van der Waals surface area contributed by atoms with Crippen molar-refractivity contribution in [1.29, 1.82) is 0 Å². The van der Waals surface area contributed by atoms with Crippen molar-refractivity contribution in [1.82, 2.24) is 29.1 Å². The van der Waals surface area contributed by atoms with Crippen molar-refractivity contribution in [2.75, 3.05) is 0 Å². The third kappa shape index (κ3) is 6.58. The van der Waals surface area contributed by atoms with Crippen LogP contribution in [0.3, 0.4) is 0 Å². The van der Waals surface area contributed by atoms with Gasteiger partial charge in [0.25, 0.3) is 0 Å². The van der Waals surface area contributed by atoms with Crippen molar-refractivity contribution in [3.63, 3.8) is 0 Å². The van der Waals surface area contributed by atoms with Gasteiger partial charge < -0.3 is 9.13 Å². The fourth-order valence-electron chi connectivity index (χ4n) is 11.7. The normalized spacial score (nSPS) is 11.9. The first-order chi connectivity index (χ1) is 37.7. The summed E-state index contributed by atoms with van der Waals surface area (Å²) in [6.07, 6.45) is 2.06. The molecule has 0 aliphatic rings. The van der Waals surface area contributed by atoms with Gasteiger partial charge in [-0.3, -0.25) is 4.98 Å². The fraction of sp³-hybridized carbons (Fsp3) is 0. The molecule has 0 radical (unpaired) electrons. The maximum atomic E-state index is 5.57. The molecule has 0 N–H and O–H groups in total. The minimum Gasteiger partial charge on any atom is -0.309 e. The van der Waals surface area contributed by atoms with Crippen molar-refractivity contribution in [2.45, 2.75) is 0 Å². The zero-order chi connectivity index (χ0) is 49.8. The van der Waals surface area contributed by atoms with Gasteiger partial charge in [0.2, 0.25) is 0 Å². The van der Waals surface area contributed by atoms with Gasteiger partial charge in [-0.1, -0.05) is 164 Å². The third-order valence-corrected chi connectivity index (χ3v) is 17.3. The molecule has 0 spiro atoms. The van der Waals surface area contributed by atoms with Crippen LogP contribution in [-0.4, -0.2) is 29.1 Å². The number of aromatic nitrogens is 6. The van der Waals surface area contributed by atoms with E-state index in [-0.39, 0.29) is 0 Å². The standard InChI is InChI=1S/C68H40N6S2/c1-5-18-41(19-6-1)66-70-67(42-20-7-2-8-21-42)72-68(71-66)53-39-44(47-28-17-31-57-60(47)62-59(76-57)37-34-51-49-27-14-16-30-55(49)74(65(51)62)46-24-11-4-12-25-46)40-69-63(53)43-32-35-56-52(38-43)61-58(75-56)36-33-50-48-26-13-15-29-54(48)73(64(50)61)45-22-9-3-10-23-45/h1-40H. The summed E-state index contributed by atoms with van der Waals surface area (Å²) >= 11 is 3.67. The van der Waals surface area contributed by atoms with Gasteiger partial charge in [0.05, 0.1) is 27.8 Å². The van der Waals surface area contributed by atoms with Crippen LogP contribution in [0.5, 0.6) is 0 Å². The zero-order valence-electron chi connectivity index (χ0n) is 40.6. The molecule has 0 saturated carbocycles. The van der Waals surface area contributed by atoms with Crippen molar-refractivity contribution < 1.29 is 0 Å². The first kappa shape index (κ1) is 42.9. The highest BCUT2D eigenvalue weighted by atomic mass is 32.1. The van der Waals surface area contributed by atoms with Crippen molar-refractivity contribution in [2.24, 2.45) is 0 Å². The van der Waals surface area contributed by atoms with Gasteiger partial charge in [-0.25, -0.2) is 15.0 Å². The van der Waals surface area contributed by atoms with Crippen molar-refractivity contribution >= 4 is 107 Å². The van der Waals surface area contributed by atoms with Crippen molar-refractivity contribution in [3.8, 4) is 67.9 Å². The lowest BCUT2D eigenvalue weighted by molar-refractivity contribution is 1.07. The molecule has 16 aromatic rings. The maximum Gasteiger partial charge on any atom is 0.166 e. The van der Waals surface area contributed by atoms with E-state index in [1.165, 1.54) is 84.0 Å². The molecule has 0 unspecified atom stereocenters. The van der Waals surface area contributed by atoms with Crippen LogP contribution in [0, 0.1) is 0 Å². The van der Waals surface area contributed by atoms with Crippen LogP contribution in [0.4, 0.5) is 0 Å². The fourth-order valence-corrected chi connectivity index (χ4v) is 13.9. The molecule has 0 atom stereocenters. The molecular formula is C68H40N6S2. The second-order valence-corrected chi connectivity index (χ2v) is 21.5. The molecule has 0 aliphatic heterocycles. The Hall–Kier alpha value is -9.60. The minimum atomic E-state index is 0.549. The van der Waals surface area contributed by atoms with E-state index in [2.05, 4.69) is 216 Å². The van der Waals surface area contributed by atoms with E-state index >= 15 is 0 Å². The molecule has 0 fully saturated rings. The summed E-state index contributed by atoms with van der Waals surface area (Å²) in [5.74, 6) is 1.74. The third-order valence-electron chi connectivity index (χ3n) is 15.0. The second kappa shape index (κ2) is 17.0. The summed E-state index contributed by atoms with van der Waals surface area (Å²) in [6.45, 7) is 0. The molecule has 76 heavy (non-hydrogen) atoms. The molecule has 16 rings (SSSR count). The average molecular weight is 1010 g/mol. The predicted octanol–water partition coefficient (Wildman–Crippen LogP) is 18.5. The highest BCUT2D eigenvalue weighted by molar-refractivity contribution is 7.26. The average Bonchev–Trinajstić information content (AvgIpc) is 4.33. The van der Waals surface area contributed by atoms with Crippen LogP contribution >= 0.6 is 22.7 Å². The van der Waals surface area contributed by atoms with Crippen LogP contribution in [0.2, 0.25) is 0 Å². The molecule has 0 bridgehead atoms. The number of hydrogen-bond acceptors (Lipinski definition) is 6. The maximum absolute atomic E-state index is 5.57. The molecule has 0 saturated heterocycles. The predicted molar refractivity (Wildman–Crippen MR) is 319 cm³/mol. The molecule has 6 aromatic heterocycles. The number of nitrogens with zero attached hydrogens (tertiary/aromatic N) is 6. The smallest absolute Gasteiger partial charge is 0.166 e. The first-order valence-corrected chi connectivity index (χ1v) is 27.1. The monoisotopic (exact) mass is 1000 g/mol. The van der Waals surface area contributed by atoms with E-state index in [4.69, 9.17) is 19.9 Å². The van der Waals surface area contributed by atoms with Gasteiger partial charge >= 0.3 is 0 Å². The Bertz CT molecular complexity index is 4920. The van der Waals surface area contributed by atoms with E-state index in [0.717, 1.165) is 50.4 Å². The van der Waals surface area contributed by atoms with Crippen LogP contribution < -0.4 is 0 Å². The zero-order valence-corrected chi connectivity index (χ0v) is 42.2. The molecule has 6 nitrogen and oxygen atoms in total. The van der Waals surface area contributed by atoms with Crippen LogP contribution in [0.15, 0.2) is 243 Å². The summed E-state index contributed by atoms with van der Waals surface area (Å²) in [5, 5.41) is 9.73. The van der Waals surface area contributed by atoms with E-state index in [1.807, 2.05) is 59.1 Å². The Kier molecular flexibility index (Phi) is 9.57. The van der Waals surface area contributed by atoms with Crippen LogP contribution in [-0.2, 0) is 0 Å². The summed E-state index contributed by atoms with van der Waals surface area (Å²) in [6, 6.07) is 84.4. The topological polar surface area (TPSA) is 61.4 Å².